The minimum Gasteiger partial charge on any atom is -0.481 e. The van der Waals surface area contributed by atoms with Gasteiger partial charge < -0.3 is 10.0 Å². The molecule has 0 aliphatic carbocycles. The van der Waals surface area contributed by atoms with Gasteiger partial charge in [-0.15, -0.1) is 0 Å². The first kappa shape index (κ1) is 12.0. The summed E-state index contributed by atoms with van der Waals surface area (Å²) in [6, 6.07) is 8.25. The van der Waals surface area contributed by atoms with Crippen LogP contribution < -0.4 is 4.90 Å². The van der Waals surface area contributed by atoms with Crippen LogP contribution in [0, 0.1) is 5.92 Å². The monoisotopic (exact) mass is 233 g/mol. The van der Waals surface area contributed by atoms with E-state index >= 15 is 0 Å². The summed E-state index contributed by atoms with van der Waals surface area (Å²) in [6.45, 7) is 4.50. The van der Waals surface area contributed by atoms with Gasteiger partial charge in [0.2, 0.25) is 0 Å². The standard InChI is InChI=1S/C14H19NO2/c1-2-11-9-15(10-11)13-5-3-4-12(8-13)6-7-14(16)17/h3-5,8,11H,2,6-7,9-10H2,1H3,(H,16,17). The molecular formula is C14H19NO2. The van der Waals surface area contributed by atoms with E-state index < -0.39 is 5.97 Å². The maximum atomic E-state index is 10.5. The third kappa shape index (κ3) is 2.99. The highest BCUT2D eigenvalue weighted by atomic mass is 16.4. The smallest absolute Gasteiger partial charge is 0.303 e. The zero-order valence-corrected chi connectivity index (χ0v) is 10.2. The average Bonchev–Trinajstić information content (AvgIpc) is 2.26. The number of hydrogen-bond acceptors (Lipinski definition) is 2. The maximum Gasteiger partial charge on any atom is 0.303 e. The number of carboxylic acids is 1. The van der Waals surface area contributed by atoms with Gasteiger partial charge in [0.05, 0.1) is 0 Å². The van der Waals surface area contributed by atoms with Crippen LogP contribution in [0.1, 0.15) is 25.3 Å². The van der Waals surface area contributed by atoms with Gasteiger partial charge in [-0.1, -0.05) is 19.1 Å². The Bertz CT molecular complexity index is 397. The lowest BCUT2D eigenvalue weighted by Gasteiger charge is -2.41. The van der Waals surface area contributed by atoms with Crippen LogP contribution in [0.5, 0.6) is 0 Å². The Labute approximate surface area is 102 Å². The van der Waals surface area contributed by atoms with Crippen LogP contribution in [0.4, 0.5) is 5.69 Å². The molecule has 2 rings (SSSR count). The number of nitrogens with zero attached hydrogens (tertiary/aromatic N) is 1. The molecule has 0 saturated carbocycles. The summed E-state index contributed by atoms with van der Waals surface area (Å²) < 4.78 is 0. The van der Waals surface area contributed by atoms with Crippen molar-refractivity contribution in [3.63, 3.8) is 0 Å². The van der Waals surface area contributed by atoms with Crippen molar-refractivity contribution in [2.24, 2.45) is 5.92 Å². The van der Waals surface area contributed by atoms with Crippen LogP contribution >= 0.6 is 0 Å². The summed E-state index contributed by atoms with van der Waals surface area (Å²) in [5.74, 6) is 0.100. The SMILES string of the molecule is CCC1CN(c2cccc(CCC(=O)O)c2)C1. The zero-order valence-electron chi connectivity index (χ0n) is 10.2. The third-order valence-electron chi connectivity index (χ3n) is 3.44. The summed E-state index contributed by atoms with van der Waals surface area (Å²) in [7, 11) is 0. The zero-order chi connectivity index (χ0) is 12.3. The predicted octanol–water partition coefficient (Wildman–Crippen LogP) is 2.55. The Morgan fingerprint density at radius 1 is 1.47 bits per heavy atom. The highest BCUT2D eigenvalue weighted by Crippen LogP contribution is 2.27. The van der Waals surface area contributed by atoms with Gasteiger partial charge in [0.1, 0.15) is 0 Å². The minimum absolute atomic E-state index is 0.209. The molecule has 1 aromatic carbocycles. The van der Waals surface area contributed by atoms with E-state index in [4.69, 9.17) is 5.11 Å². The summed E-state index contributed by atoms with van der Waals surface area (Å²) in [5, 5.41) is 8.67. The number of carboxylic acid groups (broad SMARTS) is 1. The minimum atomic E-state index is -0.731. The van der Waals surface area contributed by atoms with Crippen LogP contribution in [-0.4, -0.2) is 24.2 Å². The van der Waals surface area contributed by atoms with Crippen molar-refractivity contribution in [1.82, 2.24) is 0 Å². The molecule has 0 spiro atoms. The van der Waals surface area contributed by atoms with E-state index in [1.165, 1.54) is 12.1 Å². The molecule has 0 unspecified atom stereocenters. The van der Waals surface area contributed by atoms with Gasteiger partial charge in [0.25, 0.3) is 0 Å². The van der Waals surface area contributed by atoms with Crippen LogP contribution in [0.25, 0.3) is 0 Å². The highest BCUT2D eigenvalue weighted by molar-refractivity contribution is 5.67. The predicted molar refractivity (Wildman–Crippen MR) is 68.4 cm³/mol. The molecule has 1 N–H and O–H groups in total. The Morgan fingerprint density at radius 2 is 2.24 bits per heavy atom. The lowest BCUT2D eigenvalue weighted by Crippen LogP contribution is -2.46. The quantitative estimate of drug-likeness (QED) is 0.849. The van der Waals surface area contributed by atoms with Gasteiger partial charge in [0.15, 0.2) is 0 Å². The van der Waals surface area contributed by atoms with Gasteiger partial charge in [0, 0.05) is 25.2 Å². The molecule has 3 nitrogen and oxygen atoms in total. The molecule has 92 valence electrons. The van der Waals surface area contributed by atoms with E-state index in [0.717, 1.165) is 24.6 Å². The molecule has 17 heavy (non-hydrogen) atoms. The number of benzene rings is 1. The normalized spacial score (nSPS) is 15.7. The van der Waals surface area contributed by atoms with Gasteiger partial charge in [-0.25, -0.2) is 0 Å². The Kier molecular flexibility index (Phi) is 3.67. The first-order valence-corrected chi connectivity index (χ1v) is 6.24. The van der Waals surface area contributed by atoms with Crippen molar-refractivity contribution < 1.29 is 9.90 Å². The second-order valence-corrected chi connectivity index (χ2v) is 4.74. The molecule has 0 radical (unpaired) electrons. The topological polar surface area (TPSA) is 40.5 Å². The molecule has 3 heteroatoms. The fraction of sp³-hybridized carbons (Fsp3) is 0.500. The summed E-state index contributed by atoms with van der Waals surface area (Å²) in [6.07, 6.45) is 2.07. The number of rotatable bonds is 5. The Morgan fingerprint density at radius 3 is 2.88 bits per heavy atom. The van der Waals surface area contributed by atoms with Gasteiger partial charge in [-0.3, -0.25) is 4.79 Å². The largest absolute Gasteiger partial charge is 0.481 e. The average molecular weight is 233 g/mol. The summed E-state index contributed by atoms with van der Waals surface area (Å²) in [4.78, 5) is 12.9. The van der Waals surface area contributed by atoms with Crippen molar-refractivity contribution >= 4 is 11.7 Å². The van der Waals surface area contributed by atoms with Crippen LogP contribution in [0.3, 0.4) is 0 Å². The number of anilines is 1. The second-order valence-electron chi connectivity index (χ2n) is 4.74. The lowest BCUT2D eigenvalue weighted by atomic mass is 9.96. The van der Waals surface area contributed by atoms with Crippen molar-refractivity contribution in [3.05, 3.63) is 29.8 Å². The number of carbonyl (C=O) groups is 1. The maximum absolute atomic E-state index is 10.5. The van der Waals surface area contributed by atoms with E-state index in [2.05, 4.69) is 24.0 Å². The van der Waals surface area contributed by atoms with Gasteiger partial charge in [-0.05, 0) is 36.5 Å². The molecule has 1 aliphatic rings. The van der Waals surface area contributed by atoms with Crippen LogP contribution in [0.2, 0.25) is 0 Å². The van der Waals surface area contributed by atoms with Gasteiger partial charge in [-0.2, -0.15) is 0 Å². The van der Waals surface area contributed by atoms with E-state index in [1.807, 2.05) is 12.1 Å². The number of aryl methyl sites for hydroxylation is 1. The first-order valence-electron chi connectivity index (χ1n) is 6.24. The molecule has 1 fully saturated rings. The van der Waals surface area contributed by atoms with Crippen molar-refractivity contribution in [2.75, 3.05) is 18.0 Å². The molecular weight excluding hydrogens is 214 g/mol. The molecule has 1 saturated heterocycles. The Hall–Kier alpha value is -1.51. The van der Waals surface area contributed by atoms with Crippen molar-refractivity contribution in [2.45, 2.75) is 26.2 Å². The third-order valence-corrected chi connectivity index (χ3v) is 3.44. The highest BCUT2D eigenvalue weighted by Gasteiger charge is 2.24. The lowest BCUT2D eigenvalue weighted by molar-refractivity contribution is -0.136. The van der Waals surface area contributed by atoms with Crippen molar-refractivity contribution in [3.8, 4) is 0 Å². The van der Waals surface area contributed by atoms with Gasteiger partial charge >= 0.3 is 5.97 Å². The molecule has 1 aromatic rings. The van der Waals surface area contributed by atoms with Crippen LogP contribution in [0.15, 0.2) is 24.3 Å². The van der Waals surface area contributed by atoms with E-state index in [1.54, 1.807) is 0 Å². The molecule has 0 amide bonds. The fourth-order valence-electron chi connectivity index (χ4n) is 2.20. The molecule has 1 aliphatic heterocycles. The van der Waals surface area contributed by atoms with Crippen molar-refractivity contribution in [1.29, 1.82) is 0 Å². The van der Waals surface area contributed by atoms with Crippen LogP contribution in [-0.2, 0) is 11.2 Å². The molecule has 0 aromatic heterocycles. The molecule has 0 atom stereocenters. The number of aliphatic carboxylic acids is 1. The van der Waals surface area contributed by atoms with E-state index in [0.29, 0.717) is 6.42 Å². The molecule has 1 heterocycles. The first-order chi connectivity index (χ1) is 8.19. The van der Waals surface area contributed by atoms with E-state index in [-0.39, 0.29) is 6.42 Å². The number of hydrogen-bond donors (Lipinski definition) is 1. The Balaban J connectivity index is 1.95. The molecule has 0 bridgehead atoms. The fourth-order valence-corrected chi connectivity index (χ4v) is 2.20. The van der Waals surface area contributed by atoms with E-state index in [9.17, 15) is 4.79 Å². The second kappa shape index (κ2) is 5.21. The summed E-state index contributed by atoms with van der Waals surface area (Å²) >= 11 is 0. The summed E-state index contributed by atoms with van der Waals surface area (Å²) in [5.41, 5.74) is 2.35.